The van der Waals surface area contributed by atoms with Crippen molar-refractivity contribution in [3.63, 3.8) is 0 Å². The average Bonchev–Trinajstić information content (AvgIpc) is 2.35. The molecule has 0 radical (unpaired) electrons. The number of aliphatic hydroxyl groups excluding tert-OH is 1. The Hall–Kier alpha value is -1.55. The van der Waals surface area contributed by atoms with Gasteiger partial charge in [0.25, 0.3) is 0 Å². The summed E-state index contributed by atoms with van der Waals surface area (Å²) in [7, 11) is 0. The van der Waals surface area contributed by atoms with Gasteiger partial charge in [-0.3, -0.25) is 0 Å². The first-order valence-corrected chi connectivity index (χ1v) is 7.49. The van der Waals surface area contributed by atoms with E-state index in [-0.39, 0.29) is 23.6 Å². The third-order valence-electron chi connectivity index (χ3n) is 3.58. The third-order valence-corrected chi connectivity index (χ3v) is 3.58. The fourth-order valence-electron chi connectivity index (χ4n) is 2.59. The van der Waals surface area contributed by atoms with Crippen LogP contribution in [-0.4, -0.2) is 23.8 Å². The van der Waals surface area contributed by atoms with E-state index in [1.807, 2.05) is 52.0 Å². The molecule has 0 spiro atoms. The Balaban J connectivity index is 2.49. The summed E-state index contributed by atoms with van der Waals surface area (Å²) in [6, 6.07) is 7.82. The molecule has 1 aromatic rings. The minimum absolute atomic E-state index is 0.0360. The summed E-state index contributed by atoms with van der Waals surface area (Å²) < 4.78 is 0. The Labute approximate surface area is 128 Å². The molecule has 1 rings (SSSR count). The van der Waals surface area contributed by atoms with Crippen molar-refractivity contribution in [2.75, 3.05) is 6.54 Å². The molecule has 118 valence electrons. The van der Waals surface area contributed by atoms with Gasteiger partial charge in [0.05, 0.1) is 12.1 Å². The second-order valence-corrected chi connectivity index (χ2v) is 6.62. The number of aliphatic hydroxyl groups is 1. The van der Waals surface area contributed by atoms with Crippen LogP contribution in [0, 0.1) is 12.3 Å². The summed E-state index contributed by atoms with van der Waals surface area (Å²) in [5, 5.41) is 15.3. The number of aryl methyl sites for hydroxylation is 1. The summed E-state index contributed by atoms with van der Waals surface area (Å²) >= 11 is 0. The molecule has 1 aromatic carbocycles. The lowest BCUT2D eigenvalue weighted by atomic mass is 9.87. The summed E-state index contributed by atoms with van der Waals surface area (Å²) in [6.45, 7) is 10.4. The number of amides is 2. The highest BCUT2D eigenvalue weighted by atomic mass is 16.3. The molecule has 4 nitrogen and oxygen atoms in total. The molecule has 0 aliphatic rings. The number of urea groups is 1. The van der Waals surface area contributed by atoms with Crippen LogP contribution in [0.1, 0.15) is 51.3 Å². The van der Waals surface area contributed by atoms with E-state index in [1.54, 1.807) is 6.92 Å². The zero-order chi connectivity index (χ0) is 16.0. The van der Waals surface area contributed by atoms with Gasteiger partial charge in [0.2, 0.25) is 0 Å². The quantitative estimate of drug-likeness (QED) is 0.754. The van der Waals surface area contributed by atoms with Gasteiger partial charge in [-0.1, -0.05) is 38.1 Å². The molecule has 2 atom stereocenters. The van der Waals surface area contributed by atoms with Crippen molar-refractivity contribution in [3.8, 4) is 0 Å². The first-order valence-electron chi connectivity index (χ1n) is 7.49. The predicted molar refractivity (Wildman–Crippen MR) is 86.2 cm³/mol. The molecular weight excluding hydrogens is 264 g/mol. The van der Waals surface area contributed by atoms with Crippen molar-refractivity contribution < 1.29 is 9.90 Å². The number of hydrogen-bond donors (Lipinski definition) is 3. The number of carbonyl (C=O) groups excluding carboxylic acids is 1. The molecule has 0 aliphatic heterocycles. The molecule has 4 heteroatoms. The molecule has 0 aromatic heterocycles. The molecule has 2 amide bonds. The summed E-state index contributed by atoms with van der Waals surface area (Å²) in [4.78, 5) is 12.0. The molecule has 0 unspecified atom stereocenters. The highest BCUT2D eigenvalue weighted by molar-refractivity contribution is 5.74. The van der Waals surface area contributed by atoms with Crippen molar-refractivity contribution in [1.82, 2.24) is 10.6 Å². The number of carbonyl (C=O) groups is 1. The minimum Gasteiger partial charge on any atom is -0.393 e. The fourth-order valence-corrected chi connectivity index (χ4v) is 2.59. The van der Waals surface area contributed by atoms with Crippen LogP contribution in [0.2, 0.25) is 0 Å². The van der Waals surface area contributed by atoms with Crippen LogP contribution in [0.3, 0.4) is 0 Å². The van der Waals surface area contributed by atoms with Gasteiger partial charge >= 0.3 is 6.03 Å². The third kappa shape index (κ3) is 6.17. The molecule has 0 fully saturated rings. The monoisotopic (exact) mass is 292 g/mol. The van der Waals surface area contributed by atoms with Crippen molar-refractivity contribution in [3.05, 3.63) is 35.4 Å². The minimum atomic E-state index is -0.365. The maximum atomic E-state index is 12.0. The molecule has 3 N–H and O–H groups in total. The second kappa shape index (κ2) is 7.46. The van der Waals surface area contributed by atoms with E-state index < -0.39 is 0 Å². The summed E-state index contributed by atoms with van der Waals surface area (Å²) in [5.74, 6) is 0. The molecule has 0 saturated carbocycles. The second-order valence-electron chi connectivity index (χ2n) is 6.62. The predicted octanol–water partition coefficient (Wildman–Crippen LogP) is 3.15. The molecule has 0 aliphatic carbocycles. The Morgan fingerprint density at radius 3 is 2.48 bits per heavy atom. The van der Waals surface area contributed by atoms with E-state index in [0.29, 0.717) is 13.0 Å². The Morgan fingerprint density at radius 2 is 1.90 bits per heavy atom. The van der Waals surface area contributed by atoms with Crippen LogP contribution in [-0.2, 0) is 0 Å². The topological polar surface area (TPSA) is 61.4 Å². The average molecular weight is 292 g/mol. The van der Waals surface area contributed by atoms with E-state index in [1.165, 1.54) is 5.56 Å². The van der Waals surface area contributed by atoms with Gasteiger partial charge in [-0.15, -0.1) is 0 Å². The van der Waals surface area contributed by atoms with Crippen LogP contribution >= 0.6 is 0 Å². The van der Waals surface area contributed by atoms with Gasteiger partial charge in [0.1, 0.15) is 0 Å². The van der Waals surface area contributed by atoms with Crippen molar-refractivity contribution in [2.45, 2.75) is 53.2 Å². The van der Waals surface area contributed by atoms with Crippen molar-refractivity contribution in [2.24, 2.45) is 5.41 Å². The van der Waals surface area contributed by atoms with Gasteiger partial charge in [-0.2, -0.15) is 0 Å². The van der Waals surface area contributed by atoms with Crippen LogP contribution in [0.15, 0.2) is 24.3 Å². The summed E-state index contributed by atoms with van der Waals surface area (Å²) in [6.07, 6.45) is 0.288. The lowest BCUT2D eigenvalue weighted by molar-refractivity contribution is 0.128. The van der Waals surface area contributed by atoms with Gasteiger partial charge in [0, 0.05) is 6.54 Å². The Bertz CT molecular complexity index is 470. The number of nitrogens with one attached hydrogen (secondary N) is 2. The molecule has 0 bridgehead atoms. The van der Waals surface area contributed by atoms with E-state index in [9.17, 15) is 9.90 Å². The lowest BCUT2D eigenvalue weighted by Gasteiger charge is -2.27. The van der Waals surface area contributed by atoms with Crippen molar-refractivity contribution in [1.29, 1.82) is 0 Å². The smallest absolute Gasteiger partial charge is 0.315 e. The molecule has 0 saturated heterocycles. The normalized spacial score (nSPS) is 14.4. The maximum Gasteiger partial charge on any atom is 0.315 e. The van der Waals surface area contributed by atoms with Gasteiger partial charge in [0.15, 0.2) is 0 Å². The first-order chi connectivity index (χ1) is 9.71. The maximum absolute atomic E-state index is 12.0. The van der Waals surface area contributed by atoms with E-state index >= 15 is 0 Å². The van der Waals surface area contributed by atoms with Crippen LogP contribution in [0.5, 0.6) is 0 Å². The van der Waals surface area contributed by atoms with Crippen LogP contribution < -0.4 is 10.6 Å². The van der Waals surface area contributed by atoms with E-state index in [0.717, 1.165) is 5.56 Å². The standard InChI is InChI=1S/C17H28N2O2/c1-12-8-6-7-9-15(12)14(3)19-16(21)18-11-17(4,5)10-13(2)20/h6-9,13-14,20H,10-11H2,1-5H3,(H2,18,19,21)/t13-,14+/m0/s1. The molecule has 21 heavy (non-hydrogen) atoms. The zero-order valence-corrected chi connectivity index (χ0v) is 13.7. The van der Waals surface area contributed by atoms with E-state index in [2.05, 4.69) is 10.6 Å². The Morgan fingerprint density at radius 1 is 1.29 bits per heavy atom. The SMILES string of the molecule is Cc1ccccc1[C@@H](C)NC(=O)NCC(C)(C)C[C@H](C)O. The zero-order valence-electron chi connectivity index (χ0n) is 13.7. The van der Waals surface area contributed by atoms with Gasteiger partial charge in [-0.25, -0.2) is 4.79 Å². The largest absolute Gasteiger partial charge is 0.393 e. The van der Waals surface area contributed by atoms with Crippen molar-refractivity contribution >= 4 is 6.03 Å². The number of benzene rings is 1. The first kappa shape index (κ1) is 17.5. The summed E-state index contributed by atoms with van der Waals surface area (Å²) in [5.41, 5.74) is 2.16. The Kier molecular flexibility index (Phi) is 6.21. The van der Waals surface area contributed by atoms with Crippen LogP contribution in [0.4, 0.5) is 4.79 Å². The molecule has 0 heterocycles. The fraction of sp³-hybridized carbons (Fsp3) is 0.588. The number of rotatable bonds is 6. The number of hydrogen-bond acceptors (Lipinski definition) is 2. The lowest BCUT2D eigenvalue weighted by Crippen LogP contribution is -2.42. The van der Waals surface area contributed by atoms with Gasteiger partial charge in [-0.05, 0) is 43.7 Å². The van der Waals surface area contributed by atoms with Crippen LogP contribution in [0.25, 0.3) is 0 Å². The highest BCUT2D eigenvalue weighted by Gasteiger charge is 2.21. The van der Waals surface area contributed by atoms with Gasteiger partial charge < -0.3 is 15.7 Å². The molecular formula is C17H28N2O2. The van der Waals surface area contributed by atoms with E-state index in [4.69, 9.17) is 0 Å². The highest BCUT2D eigenvalue weighted by Crippen LogP contribution is 2.21.